The fourth-order valence-corrected chi connectivity index (χ4v) is 3.59. The molecule has 0 saturated heterocycles. The van der Waals surface area contributed by atoms with Gasteiger partial charge in [-0.05, 0) is 30.3 Å². The number of imidazole rings is 1. The second kappa shape index (κ2) is 7.40. The zero-order chi connectivity index (χ0) is 18.8. The number of hydrogen-bond acceptors (Lipinski definition) is 4. The van der Waals surface area contributed by atoms with Gasteiger partial charge in [-0.25, -0.2) is 4.98 Å². The second-order valence-electron chi connectivity index (χ2n) is 6.24. The van der Waals surface area contributed by atoms with Crippen molar-refractivity contribution in [2.75, 3.05) is 12.4 Å². The smallest absolute Gasteiger partial charge is 0.135 e. The van der Waals surface area contributed by atoms with Crippen molar-refractivity contribution in [3.63, 3.8) is 0 Å². The van der Waals surface area contributed by atoms with Crippen LogP contribution in [0.1, 0.15) is 17.4 Å². The van der Waals surface area contributed by atoms with Gasteiger partial charge < -0.3 is 14.6 Å². The van der Waals surface area contributed by atoms with E-state index in [0.29, 0.717) is 0 Å². The zero-order valence-electron chi connectivity index (χ0n) is 15.1. The number of fused-ring (bicyclic) bond motifs is 1. The maximum Gasteiger partial charge on any atom is 0.135 e. The molecule has 27 heavy (non-hydrogen) atoms. The van der Waals surface area contributed by atoms with Crippen LogP contribution in [0.4, 0.5) is 5.69 Å². The van der Waals surface area contributed by atoms with E-state index in [1.54, 1.807) is 13.3 Å². The molecule has 5 nitrogen and oxygen atoms in total. The Bertz CT molecular complexity index is 1090. The molecule has 0 fully saturated rings. The Morgan fingerprint density at radius 2 is 1.93 bits per heavy atom. The molecule has 0 radical (unpaired) electrons. The summed E-state index contributed by atoms with van der Waals surface area (Å²) in [5.41, 5.74) is 2.94. The normalized spacial score (nSPS) is 12.1. The number of hydrogen-bond donors (Lipinski definition) is 1. The molecule has 4 rings (SSSR count). The number of nitrogens with one attached hydrogen (secondary N) is 1. The number of ether oxygens (including phenoxy) is 1. The standard InChI is InChI=1S/C21H19BrN4O/c1-26-12-11-24-21(26)20(16-5-3-4-6-19(16)27-2)25-17-9-10-23-18-13-14(22)7-8-15(17)18/h3-13,20H,1-2H3,(H,23,25). The Kier molecular flexibility index (Phi) is 4.81. The van der Waals surface area contributed by atoms with Crippen LogP contribution in [0.5, 0.6) is 5.75 Å². The lowest BCUT2D eigenvalue weighted by Gasteiger charge is -2.23. The van der Waals surface area contributed by atoms with E-state index >= 15 is 0 Å². The molecule has 1 unspecified atom stereocenters. The molecule has 0 amide bonds. The molecular weight excluding hydrogens is 404 g/mol. The molecule has 0 spiro atoms. The van der Waals surface area contributed by atoms with Crippen molar-refractivity contribution < 1.29 is 4.74 Å². The molecule has 0 aliphatic rings. The van der Waals surface area contributed by atoms with Crippen molar-refractivity contribution in [1.82, 2.24) is 14.5 Å². The summed E-state index contributed by atoms with van der Waals surface area (Å²) >= 11 is 3.51. The number of anilines is 1. The van der Waals surface area contributed by atoms with Crippen LogP contribution in [0.15, 0.2) is 71.6 Å². The van der Waals surface area contributed by atoms with Gasteiger partial charge in [0.05, 0.1) is 12.6 Å². The van der Waals surface area contributed by atoms with Gasteiger partial charge in [-0.2, -0.15) is 0 Å². The molecule has 0 aliphatic heterocycles. The van der Waals surface area contributed by atoms with Gasteiger partial charge in [0.25, 0.3) is 0 Å². The van der Waals surface area contributed by atoms with E-state index in [9.17, 15) is 0 Å². The summed E-state index contributed by atoms with van der Waals surface area (Å²) in [4.78, 5) is 9.06. The molecule has 2 aromatic carbocycles. The Balaban J connectivity index is 1.85. The highest BCUT2D eigenvalue weighted by Gasteiger charge is 2.22. The summed E-state index contributed by atoms with van der Waals surface area (Å²) < 4.78 is 8.63. The first-order valence-corrected chi connectivity index (χ1v) is 9.37. The van der Waals surface area contributed by atoms with E-state index in [1.807, 2.05) is 60.4 Å². The molecule has 6 heteroatoms. The minimum absolute atomic E-state index is 0.171. The number of aromatic nitrogens is 3. The van der Waals surface area contributed by atoms with Crippen molar-refractivity contribution in [1.29, 1.82) is 0 Å². The number of nitrogens with zero attached hydrogens (tertiary/aromatic N) is 3. The average molecular weight is 423 g/mol. The van der Waals surface area contributed by atoms with Gasteiger partial charge in [-0.3, -0.25) is 4.98 Å². The second-order valence-corrected chi connectivity index (χ2v) is 7.15. The Morgan fingerprint density at radius 1 is 1.07 bits per heavy atom. The number of benzene rings is 2. The fraction of sp³-hybridized carbons (Fsp3) is 0.143. The fourth-order valence-electron chi connectivity index (χ4n) is 3.24. The maximum atomic E-state index is 5.61. The van der Waals surface area contributed by atoms with Crippen LogP contribution in [0, 0.1) is 0 Å². The van der Waals surface area contributed by atoms with Gasteiger partial charge in [-0.1, -0.05) is 34.1 Å². The summed E-state index contributed by atoms with van der Waals surface area (Å²) in [5, 5.41) is 4.71. The number of rotatable bonds is 5. The van der Waals surface area contributed by atoms with E-state index in [1.165, 1.54) is 0 Å². The SMILES string of the molecule is COc1ccccc1C(Nc1ccnc2cc(Br)ccc12)c1nccn1C. The zero-order valence-corrected chi connectivity index (χ0v) is 16.6. The van der Waals surface area contributed by atoms with E-state index in [-0.39, 0.29) is 6.04 Å². The molecule has 1 N–H and O–H groups in total. The first-order valence-electron chi connectivity index (χ1n) is 8.58. The molecule has 1 atom stereocenters. The Hall–Kier alpha value is -2.86. The van der Waals surface area contributed by atoms with Crippen LogP contribution in [0.2, 0.25) is 0 Å². The summed E-state index contributed by atoms with van der Waals surface area (Å²) in [5.74, 6) is 1.72. The molecule has 136 valence electrons. The quantitative estimate of drug-likeness (QED) is 0.494. The number of aryl methyl sites for hydroxylation is 1. The first kappa shape index (κ1) is 17.5. The van der Waals surface area contributed by atoms with Crippen LogP contribution in [-0.2, 0) is 7.05 Å². The van der Waals surface area contributed by atoms with Crippen LogP contribution >= 0.6 is 15.9 Å². The monoisotopic (exact) mass is 422 g/mol. The molecule has 0 bridgehead atoms. The minimum atomic E-state index is -0.171. The third-order valence-corrected chi connectivity index (χ3v) is 5.06. The van der Waals surface area contributed by atoms with E-state index in [0.717, 1.165) is 38.2 Å². The average Bonchev–Trinajstić information content (AvgIpc) is 3.11. The number of halogens is 1. The van der Waals surface area contributed by atoms with Gasteiger partial charge in [0.15, 0.2) is 0 Å². The van der Waals surface area contributed by atoms with Crippen LogP contribution in [-0.4, -0.2) is 21.6 Å². The molecule has 0 aliphatic carbocycles. The van der Waals surface area contributed by atoms with Gasteiger partial charge in [0.1, 0.15) is 17.6 Å². The van der Waals surface area contributed by atoms with E-state index in [4.69, 9.17) is 4.74 Å². The van der Waals surface area contributed by atoms with Crippen molar-refractivity contribution in [3.05, 3.63) is 83.0 Å². The lowest BCUT2D eigenvalue weighted by Crippen LogP contribution is -2.17. The summed E-state index contributed by atoms with van der Waals surface area (Å²) in [7, 11) is 3.68. The van der Waals surface area contributed by atoms with Crippen LogP contribution < -0.4 is 10.1 Å². The van der Waals surface area contributed by atoms with Crippen molar-refractivity contribution in [2.24, 2.45) is 7.05 Å². The van der Waals surface area contributed by atoms with Crippen molar-refractivity contribution >= 4 is 32.5 Å². The molecule has 2 heterocycles. The van der Waals surface area contributed by atoms with Gasteiger partial charge in [-0.15, -0.1) is 0 Å². The predicted octanol–water partition coefficient (Wildman–Crippen LogP) is 4.94. The summed E-state index contributed by atoms with van der Waals surface area (Å²) in [6, 6.07) is 15.9. The molecule has 0 saturated carbocycles. The molecular formula is C21H19BrN4O. The Morgan fingerprint density at radius 3 is 2.70 bits per heavy atom. The number of para-hydroxylation sites is 1. The summed E-state index contributed by atoms with van der Waals surface area (Å²) in [6.07, 6.45) is 5.57. The third kappa shape index (κ3) is 3.40. The molecule has 2 aromatic heterocycles. The highest BCUT2D eigenvalue weighted by molar-refractivity contribution is 9.10. The number of pyridine rings is 1. The van der Waals surface area contributed by atoms with Gasteiger partial charge in [0, 0.05) is 46.7 Å². The van der Waals surface area contributed by atoms with E-state index < -0.39 is 0 Å². The molecule has 4 aromatic rings. The van der Waals surface area contributed by atoms with E-state index in [2.05, 4.69) is 43.3 Å². The Labute approximate surface area is 166 Å². The van der Waals surface area contributed by atoms with Crippen LogP contribution in [0.25, 0.3) is 10.9 Å². The van der Waals surface area contributed by atoms with Crippen molar-refractivity contribution in [3.8, 4) is 5.75 Å². The minimum Gasteiger partial charge on any atom is -0.496 e. The van der Waals surface area contributed by atoms with Gasteiger partial charge >= 0.3 is 0 Å². The third-order valence-electron chi connectivity index (χ3n) is 4.57. The topological polar surface area (TPSA) is 52.0 Å². The highest BCUT2D eigenvalue weighted by Crippen LogP contribution is 2.34. The first-order chi connectivity index (χ1) is 13.2. The maximum absolute atomic E-state index is 5.61. The van der Waals surface area contributed by atoms with Gasteiger partial charge in [0.2, 0.25) is 0 Å². The predicted molar refractivity (Wildman–Crippen MR) is 111 cm³/mol. The van der Waals surface area contributed by atoms with Crippen LogP contribution in [0.3, 0.4) is 0 Å². The largest absolute Gasteiger partial charge is 0.496 e. The lowest BCUT2D eigenvalue weighted by molar-refractivity contribution is 0.408. The highest BCUT2D eigenvalue weighted by atomic mass is 79.9. The number of methoxy groups -OCH3 is 1. The lowest BCUT2D eigenvalue weighted by atomic mass is 10.0. The summed E-state index contributed by atoms with van der Waals surface area (Å²) in [6.45, 7) is 0. The van der Waals surface area contributed by atoms with Crippen molar-refractivity contribution in [2.45, 2.75) is 6.04 Å².